The SMILES string of the molecule is F.F.F.F.[H-].[Na+].[Yb]. The van der Waals surface area contributed by atoms with Crippen LogP contribution in [-0.2, 0) is 0 Å². The first-order valence-corrected chi connectivity index (χ1v) is 0. The largest absolute Gasteiger partial charge is 1.00 e. The molecule has 0 unspecified atom stereocenters. The summed E-state index contributed by atoms with van der Waals surface area (Å²) in [4.78, 5) is 0. The summed E-state index contributed by atoms with van der Waals surface area (Å²) in [6, 6.07) is 0. The first kappa shape index (κ1) is 86.1. The molecule has 0 spiro atoms. The topological polar surface area (TPSA) is 0 Å². The van der Waals surface area contributed by atoms with Gasteiger partial charge in [0.15, 0.2) is 0 Å². The molecule has 0 atom stereocenters. The molecule has 0 aromatic heterocycles. The molecular weight excluding hydrogens is 272 g/mol. The van der Waals surface area contributed by atoms with E-state index in [-0.39, 0.29) is 96.7 Å². The molecule has 0 radical (unpaired) electrons. The van der Waals surface area contributed by atoms with Crippen LogP contribution in [0.15, 0.2) is 0 Å². The van der Waals surface area contributed by atoms with Gasteiger partial charge in [-0.1, -0.05) is 0 Å². The minimum Gasteiger partial charge on any atom is -1.00 e. The molecule has 0 aliphatic carbocycles. The molecule has 48 valence electrons. The van der Waals surface area contributed by atoms with Gasteiger partial charge >= 0.3 is 29.6 Å². The molecule has 0 nitrogen and oxygen atoms in total. The third kappa shape index (κ3) is 34.2. The van der Waals surface area contributed by atoms with Crippen LogP contribution in [0.2, 0.25) is 0 Å². The third-order valence-corrected chi connectivity index (χ3v) is 0. The minimum atomic E-state index is 0. The predicted octanol–water partition coefficient (Wildman–Crippen LogP) is -2.27. The summed E-state index contributed by atoms with van der Waals surface area (Å²) in [5, 5.41) is 0. The first-order valence-electron chi connectivity index (χ1n) is 0. The zero-order valence-electron chi connectivity index (χ0n) is 3.90. The third-order valence-electron chi connectivity index (χ3n) is 0. The van der Waals surface area contributed by atoms with Crippen LogP contribution in [0.4, 0.5) is 18.8 Å². The van der Waals surface area contributed by atoms with Crippen LogP contribution in [0.25, 0.3) is 0 Å². The van der Waals surface area contributed by atoms with Gasteiger partial charge in [0, 0.05) is 46.9 Å². The van der Waals surface area contributed by atoms with Crippen molar-refractivity contribution in [1.29, 1.82) is 0 Å². The van der Waals surface area contributed by atoms with Gasteiger partial charge in [-0.25, -0.2) is 0 Å². The molecule has 0 aliphatic heterocycles. The zero-order valence-corrected chi connectivity index (χ0v) is 6.62. The van der Waals surface area contributed by atoms with Crippen molar-refractivity contribution in [2.45, 2.75) is 0 Å². The molecule has 0 rings (SSSR count). The van der Waals surface area contributed by atoms with Crippen LogP contribution in [0.1, 0.15) is 1.43 Å². The Morgan fingerprint density at radius 3 is 0.667 bits per heavy atom. The van der Waals surface area contributed by atoms with Crippen molar-refractivity contribution in [1.82, 2.24) is 0 Å². The Kier molecular flexibility index (Phi) is 806. The molecule has 0 aromatic rings. The Morgan fingerprint density at radius 1 is 0.667 bits per heavy atom. The molecule has 0 N–H and O–H groups in total. The quantitative estimate of drug-likeness (QED) is 0.346. The summed E-state index contributed by atoms with van der Waals surface area (Å²) in [5.74, 6) is 0. The minimum absolute atomic E-state index is 0. The van der Waals surface area contributed by atoms with Gasteiger partial charge < -0.3 is 1.43 Å². The summed E-state index contributed by atoms with van der Waals surface area (Å²) < 4.78 is 0. The first-order chi connectivity index (χ1) is 0. The smallest absolute Gasteiger partial charge is 1.00 e. The van der Waals surface area contributed by atoms with Crippen molar-refractivity contribution in [2.75, 3.05) is 0 Å². The maximum absolute atomic E-state index is 0. The zero-order chi connectivity index (χ0) is 0. The van der Waals surface area contributed by atoms with Gasteiger partial charge in [-0.05, 0) is 0 Å². The molecular formula is H5F4NaYb. The van der Waals surface area contributed by atoms with E-state index in [0.717, 1.165) is 0 Å². The average Bonchev–Trinajstić information content (AvgIpc) is 0. The van der Waals surface area contributed by atoms with E-state index in [1.807, 2.05) is 0 Å². The van der Waals surface area contributed by atoms with Crippen molar-refractivity contribution in [3.63, 3.8) is 0 Å². The number of hydrogen-bond acceptors (Lipinski definition) is 0. The van der Waals surface area contributed by atoms with Gasteiger partial charge in [-0.3, -0.25) is 18.8 Å². The van der Waals surface area contributed by atoms with Crippen molar-refractivity contribution < 1.29 is 96.7 Å². The van der Waals surface area contributed by atoms with Gasteiger partial charge in [0.2, 0.25) is 0 Å². The summed E-state index contributed by atoms with van der Waals surface area (Å²) in [6.45, 7) is 0. The normalized spacial score (nSPS) is 0. The molecule has 0 bridgehead atoms. The maximum atomic E-state index is 0. The van der Waals surface area contributed by atoms with E-state index >= 15 is 0 Å². The van der Waals surface area contributed by atoms with Crippen LogP contribution in [0, 0.1) is 46.9 Å². The van der Waals surface area contributed by atoms with E-state index in [2.05, 4.69) is 0 Å². The Morgan fingerprint density at radius 2 is 0.667 bits per heavy atom. The molecule has 0 saturated carbocycles. The molecule has 0 aliphatic rings. The number of rotatable bonds is 0. The van der Waals surface area contributed by atoms with Gasteiger partial charge in [-0.15, -0.1) is 0 Å². The molecule has 6 heteroatoms. The molecule has 6 heavy (non-hydrogen) atoms. The molecule has 0 aromatic carbocycles. The second-order valence-electron chi connectivity index (χ2n) is 0. The van der Waals surface area contributed by atoms with Crippen molar-refractivity contribution in [3.8, 4) is 0 Å². The van der Waals surface area contributed by atoms with Crippen LogP contribution >= 0.6 is 0 Å². The maximum Gasteiger partial charge on any atom is 1.00 e. The Balaban J connectivity index is 0. The number of halogens is 4. The predicted molar refractivity (Wildman–Crippen MR) is 11.1 cm³/mol. The summed E-state index contributed by atoms with van der Waals surface area (Å²) in [7, 11) is 0. The van der Waals surface area contributed by atoms with Gasteiger partial charge in [0.25, 0.3) is 0 Å². The monoisotopic (exact) mass is 278 g/mol. The van der Waals surface area contributed by atoms with Gasteiger partial charge in [0.1, 0.15) is 0 Å². The molecule has 0 amide bonds. The number of hydrogen-bond donors (Lipinski definition) is 0. The molecule has 0 heterocycles. The van der Waals surface area contributed by atoms with Crippen molar-refractivity contribution in [3.05, 3.63) is 0 Å². The van der Waals surface area contributed by atoms with Gasteiger partial charge in [-0.2, -0.15) is 0 Å². The van der Waals surface area contributed by atoms with E-state index in [4.69, 9.17) is 0 Å². The van der Waals surface area contributed by atoms with E-state index in [9.17, 15) is 0 Å². The summed E-state index contributed by atoms with van der Waals surface area (Å²) in [6.07, 6.45) is 0. The Labute approximate surface area is 94.9 Å². The van der Waals surface area contributed by atoms with E-state index in [1.165, 1.54) is 0 Å². The fourth-order valence-electron chi connectivity index (χ4n) is 0. The second kappa shape index (κ2) is 56.2. The van der Waals surface area contributed by atoms with E-state index in [0.29, 0.717) is 0 Å². The molecule has 0 fully saturated rings. The van der Waals surface area contributed by atoms with Crippen LogP contribution in [0.5, 0.6) is 0 Å². The average molecular weight is 277 g/mol. The van der Waals surface area contributed by atoms with Crippen LogP contribution < -0.4 is 29.6 Å². The molecule has 0 saturated heterocycles. The summed E-state index contributed by atoms with van der Waals surface area (Å²) >= 11 is 0. The fraction of sp³-hybridized carbons (Fsp3) is 0. The fourth-order valence-corrected chi connectivity index (χ4v) is 0. The summed E-state index contributed by atoms with van der Waals surface area (Å²) in [5.41, 5.74) is 0. The standard InChI is InChI=1S/4FH.Na.Yb.H/h4*1H;;;/q;;;;+1;;-1. The van der Waals surface area contributed by atoms with Crippen LogP contribution in [0.3, 0.4) is 0 Å². The second-order valence-corrected chi connectivity index (χ2v) is 0. The Bertz CT molecular complexity index is 11.7. The van der Waals surface area contributed by atoms with Crippen LogP contribution in [-0.4, -0.2) is 0 Å². The Hall–Kier alpha value is 2.24. The van der Waals surface area contributed by atoms with E-state index < -0.39 is 0 Å². The van der Waals surface area contributed by atoms with Crippen molar-refractivity contribution >= 4 is 0 Å². The van der Waals surface area contributed by atoms with Gasteiger partial charge in [0.05, 0.1) is 0 Å². The van der Waals surface area contributed by atoms with E-state index in [1.54, 1.807) is 0 Å². The van der Waals surface area contributed by atoms with Crippen molar-refractivity contribution in [2.24, 2.45) is 0 Å².